The molecule has 1 aliphatic heterocycles. The average molecular weight is 625 g/mol. The van der Waals surface area contributed by atoms with Gasteiger partial charge in [-0.15, -0.1) is 0 Å². The molecule has 0 aliphatic carbocycles. The molecule has 1 fully saturated rings. The molecule has 4 rings (SSSR count). The van der Waals surface area contributed by atoms with Crippen LogP contribution in [0.25, 0.3) is 10.8 Å². The lowest BCUT2D eigenvalue weighted by atomic mass is 9.98. The van der Waals surface area contributed by atoms with Crippen LogP contribution in [-0.2, 0) is 32.0 Å². The van der Waals surface area contributed by atoms with Gasteiger partial charge in [0.25, 0.3) is 0 Å². The normalized spacial score (nSPS) is 16.6. The molecular formula is C34H42F2N4O5. The summed E-state index contributed by atoms with van der Waals surface area (Å²) in [5.74, 6) is -3.59. The van der Waals surface area contributed by atoms with Gasteiger partial charge in [0.15, 0.2) is 11.6 Å². The van der Waals surface area contributed by atoms with Crippen molar-refractivity contribution >= 4 is 28.5 Å². The number of nitrogens with one attached hydrogen (secondary N) is 2. The predicted molar refractivity (Wildman–Crippen MR) is 167 cm³/mol. The Kier molecular flexibility index (Phi) is 12.0. The first-order chi connectivity index (χ1) is 21.5. The Labute approximate surface area is 262 Å². The van der Waals surface area contributed by atoms with Crippen molar-refractivity contribution in [2.24, 2.45) is 0 Å². The molecule has 0 saturated carbocycles. The molecule has 0 aromatic heterocycles. The maximum Gasteiger partial charge on any atom is 0.249 e. The highest BCUT2D eigenvalue weighted by Gasteiger charge is 2.35. The zero-order valence-electron chi connectivity index (χ0n) is 26.0. The van der Waals surface area contributed by atoms with Crippen LogP contribution >= 0.6 is 0 Å². The third-order valence-corrected chi connectivity index (χ3v) is 8.20. The van der Waals surface area contributed by atoms with Crippen molar-refractivity contribution in [3.8, 4) is 0 Å². The van der Waals surface area contributed by atoms with Gasteiger partial charge in [0.05, 0.1) is 12.7 Å². The molecule has 242 valence electrons. The van der Waals surface area contributed by atoms with Gasteiger partial charge in [0.2, 0.25) is 17.7 Å². The molecule has 3 N–H and O–H groups in total. The number of amides is 3. The van der Waals surface area contributed by atoms with E-state index in [0.29, 0.717) is 12.2 Å². The van der Waals surface area contributed by atoms with E-state index in [0.717, 1.165) is 47.9 Å². The minimum absolute atomic E-state index is 0.0682. The van der Waals surface area contributed by atoms with Crippen molar-refractivity contribution in [2.75, 3.05) is 40.4 Å². The molecule has 0 bridgehead atoms. The number of carbonyl (C=O) groups excluding carboxylic acids is 3. The lowest BCUT2D eigenvalue weighted by Crippen LogP contribution is -2.56. The topological polar surface area (TPSA) is 111 Å². The van der Waals surface area contributed by atoms with Crippen LogP contribution in [0.3, 0.4) is 0 Å². The zero-order valence-corrected chi connectivity index (χ0v) is 26.0. The summed E-state index contributed by atoms with van der Waals surface area (Å²) < 4.78 is 33.4. The summed E-state index contributed by atoms with van der Waals surface area (Å²) in [6.45, 7) is 2.51. The van der Waals surface area contributed by atoms with Crippen LogP contribution in [0, 0.1) is 11.6 Å². The number of aliphatic hydroxyl groups is 1. The summed E-state index contributed by atoms with van der Waals surface area (Å²) in [5.41, 5.74) is 1.11. The van der Waals surface area contributed by atoms with E-state index in [1.165, 1.54) is 36.9 Å². The van der Waals surface area contributed by atoms with Crippen LogP contribution in [0.2, 0.25) is 0 Å². The van der Waals surface area contributed by atoms with Crippen molar-refractivity contribution in [1.29, 1.82) is 0 Å². The second-order valence-electron chi connectivity index (χ2n) is 11.7. The summed E-state index contributed by atoms with van der Waals surface area (Å²) in [7, 11) is 2.98. The fourth-order valence-corrected chi connectivity index (χ4v) is 5.49. The van der Waals surface area contributed by atoms with Crippen LogP contribution < -0.4 is 10.6 Å². The lowest BCUT2D eigenvalue weighted by Gasteiger charge is -2.35. The van der Waals surface area contributed by atoms with Gasteiger partial charge in [-0.3, -0.25) is 14.4 Å². The number of benzene rings is 3. The Balaban J connectivity index is 1.60. The van der Waals surface area contributed by atoms with E-state index in [2.05, 4.69) is 10.6 Å². The minimum atomic E-state index is -1.14. The minimum Gasteiger partial charge on any atom is -0.392 e. The van der Waals surface area contributed by atoms with Crippen molar-refractivity contribution in [2.45, 2.75) is 56.8 Å². The highest BCUT2D eigenvalue weighted by atomic mass is 19.2. The maximum absolute atomic E-state index is 14.3. The van der Waals surface area contributed by atoms with Crippen LogP contribution in [0.4, 0.5) is 8.78 Å². The van der Waals surface area contributed by atoms with E-state index in [9.17, 15) is 28.3 Å². The molecule has 1 aliphatic rings. The Morgan fingerprint density at radius 1 is 0.956 bits per heavy atom. The molecular weight excluding hydrogens is 582 g/mol. The van der Waals surface area contributed by atoms with Gasteiger partial charge >= 0.3 is 0 Å². The largest absolute Gasteiger partial charge is 0.392 e. The van der Waals surface area contributed by atoms with Crippen LogP contribution in [-0.4, -0.2) is 97.3 Å². The third-order valence-electron chi connectivity index (χ3n) is 8.20. The van der Waals surface area contributed by atoms with Gasteiger partial charge in [-0.25, -0.2) is 8.78 Å². The molecule has 0 spiro atoms. The molecule has 1 heterocycles. The highest BCUT2D eigenvalue weighted by molar-refractivity contribution is 5.92. The van der Waals surface area contributed by atoms with E-state index < -0.39 is 47.5 Å². The lowest BCUT2D eigenvalue weighted by molar-refractivity contribution is -0.149. The number of rotatable bonds is 14. The summed E-state index contributed by atoms with van der Waals surface area (Å²) in [6.07, 6.45) is 1.21. The molecule has 1 saturated heterocycles. The summed E-state index contributed by atoms with van der Waals surface area (Å²) >= 11 is 0. The number of fused-ring (bicyclic) bond motifs is 1. The molecule has 3 aromatic rings. The molecule has 9 nitrogen and oxygen atoms in total. The number of likely N-dealkylation sites (N-methyl/N-ethyl adjacent to an activating group) is 2. The molecule has 45 heavy (non-hydrogen) atoms. The third kappa shape index (κ3) is 9.29. The quantitative estimate of drug-likeness (QED) is 0.255. The van der Waals surface area contributed by atoms with Crippen LogP contribution in [0.1, 0.15) is 30.9 Å². The van der Waals surface area contributed by atoms with Gasteiger partial charge in [0.1, 0.15) is 18.7 Å². The van der Waals surface area contributed by atoms with E-state index in [4.69, 9.17) is 4.74 Å². The first-order valence-corrected chi connectivity index (χ1v) is 15.2. The maximum atomic E-state index is 14.3. The summed E-state index contributed by atoms with van der Waals surface area (Å²) in [4.78, 5) is 43.5. The fourth-order valence-electron chi connectivity index (χ4n) is 5.49. The van der Waals surface area contributed by atoms with Gasteiger partial charge < -0.3 is 30.3 Å². The number of halogens is 2. The number of carbonyl (C=O) groups is 3. The standard InChI is InChI=1S/C34H42F2N4O5/c1-22(41)19-38-33(43)30(17-24-11-13-28(35)29(36)16-24)40(3)34(44)31(18-23-10-12-25-7-4-5-8-26(25)15-23)39(2)32(42)21-45-20-27-9-6-14-37-27/h4-5,7-8,10-13,15-16,22,27,30-31,37,41H,6,9,14,17-21H2,1-3H3,(H,38,43)/t22-,27-,30-,31-/m1/s1. The molecule has 11 heteroatoms. The number of ether oxygens (including phenoxy) is 1. The Bertz CT molecular complexity index is 1480. The SMILES string of the molecule is C[C@@H](O)CNC(=O)[C@@H](Cc1ccc(F)c(F)c1)N(C)C(=O)[C@@H](Cc1ccc2ccccc2c1)N(C)C(=O)COC[C@H]1CCCN1. The van der Waals surface area contributed by atoms with Gasteiger partial charge in [0, 0.05) is 39.5 Å². The molecule has 3 amide bonds. The smallest absolute Gasteiger partial charge is 0.249 e. The van der Waals surface area contributed by atoms with Crippen molar-refractivity contribution in [1.82, 2.24) is 20.4 Å². The number of hydrogen-bond donors (Lipinski definition) is 3. The number of hydrogen-bond acceptors (Lipinski definition) is 6. The first kappa shape index (κ1) is 34.0. The van der Waals surface area contributed by atoms with E-state index in [1.807, 2.05) is 42.5 Å². The van der Waals surface area contributed by atoms with E-state index in [-0.39, 0.29) is 32.0 Å². The highest BCUT2D eigenvalue weighted by Crippen LogP contribution is 2.20. The first-order valence-electron chi connectivity index (χ1n) is 15.2. The second-order valence-corrected chi connectivity index (χ2v) is 11.7. The Hall–Kier alpha value is -3.93. The summed E-state index contributed by atoms with van der Waals surface area (Å²) in [5, 5.41) is 17.7. The molecule has 0 unspecified atom stereocenters. The van der Waals surface area contributed by atoms with Crippen LogP contribution in [0.15, 0.2) is 60.7 Å². The monoisotopic (exact) mass is 624 g/mol. The Morgan fingerprint density at radius 2 is 1.64 bits per heavy atom. The number of nitrogens with zero attached hydrogens (tertiary/aromatic N) is 2. The van der Waals surface area contributed by atoms with Gasteiger partial charge in [-0.2, -0.15) is 0 Å². The predicted octanol–water partition coefficient (Wildman–Crippen LogP) is 2.82. The summed E-state index contributed by atoms with van der Waals surface area (Å²) in [6, 6.07) is 15.0. The van der Waals surface area contributed by atoms with Gasteiger partial charge in [-0.1, -0.05) is 48.5 Å². The fraction of sp³-hybridized carbons (Fsp3) is 0.441. The molecule has 0 radical (unpaired) electrons. The van der Waals surface area contributed by atoms with Gasteiger partial charge in [-0.05, 0) is 60.3 Å². The van der Waals surface area contributed by atoms with E-state index in [1.54, 1.807) is 0 Å². The average Bonchev–Trinajstić information content (AvgIpc) is 3.55. The van der Waals surface area contributed by atoms with Crippen molar-refractivity contribution < 1.29 is 33.0 Å². The van der Waals surface area contributed by atoms with E-state index >= 15 is 0 Å². The van der Waals surface area contributed by atoms with Crippen LogP contribution in [0.5, 0.6) is 0 Å². The van der Waals surface area contributed by atoms with Crippen molar-refractivity contribution in [3.63, 3.8) is 0 Å². The Morgan fingerprint density at radius 3 is 2.33 bits per heavy atom. The molecule has 3 aromatic carbocycles. The molecule has 4 atom stereocenters. The number of aliphatic hydroxyl groups excluding tert-OH is 1. The second kappa shape index (κ2) is 15.9. The van der Waals surface area contributed by atoms with Crippen molar-refractivity contribution in [3.05, 3.63) is 83.4 Å². The zero-order chi connectivity index (χ0) is 32.5.